The molecule has 1 aliphatic rings. The first kappa shape index (κ1) is 20.7. The molecule has 1 aromatic rings. The highest BCUT2D eigenvalue weighted by atomic mass is 19.4. The van der Waals surface area contributed by atoms with Crippen molar-refractivity contribution in [3.8, 4) is 5.75 Å². The average molecular weight is 367 g/mol. The van der Waals surface area contributed by atoms with Crippen LogP contribution >= 0.6 is 0 Å². The second kappa shape index (κ2) is 8.65. The summed E-state index contributed by atoms with van der Waals surface area (Å²) in [5, 5.41) is 15.8. The number of hydrogen-bond donors (Lipinski definition) is 3. The van der Waals surface area contributed by atoms with Crippen LogP contribution in [0, 0.1) is 0 Å². The Balaban J connectivity index is 0.000000381. The SMILES string of the molecule is N[C@@H](Cc1ccc(OC2CC(F)C2)cc1)C(=O)O.O=C(O)C(F)(F)F. The van der Waals surface area contributed by atoms with Gasteiger partial charge in [-0.05, 0) is 24.1 Å². The fourth-order valence-electron chi connectivity index (χ4n) is 1.84. The molecule has 25 heavy (non-hydrogen) atoms. The predicted molar refractivity (Wildman–Crippen MR) is 78.0 cm³/mol. The van der Waals surface area contributed by atoms with Crippen LogP contribution in [0.25, 0.3) is 0 Å². The van der Waals surface area contributed by atoms with E-state index in [1.165, 1.54) is 0 Å². The van der Waals surface area contributed by atoms with Crippen LogP contribution in [0.5, 0.6) is 5.75 Å². The molecule has 1 atom stereocenters. The Kier molecular flexibility index (Phi) is 7.16. The number of aliphatic carboxylic acids is 2. The van der Waals surface area contributed by atoms with Gasteiger partial charge in [0, 0.05) is 12.8 Å². The fourth-order valence-corrected chi connectivity index (χ4v) is 1.84. The standard InChI is InChI=1S/C13H16FNO3.C2HF3O2/c14-9-6-11(7-9)18-10-3-1-8(2-4-10)5-12(15)13(16)17;3-2(4,5)1(6)7/h1-4,9,11-12H,5-7,15H2,(H,16,17);(H,6,7)/t9?,11?,12-;/m0./s1. The van der Waals surface area contributed by atoms with E-state index in [0.29, 0.717) is 18.6 Å². The number of carboxylic acids is 2. The van der Waals surface area contributed by atoms with Gasteiger partial charge in [0.25, 0.3) is 0 Å². The number of carboxylic acid groups (broad SMARTS) is 2. The van der Waals surface area contributed by atoms with Crippen molar-refractivity contribution >= 4 is 11.9 Å². The second-order valence-electron chi connectivity index (χ2n) is 5.40. The average Bonchev–Trinajstić information content (AvgIpc) is 2.47. The molecule has 2 rings (SSSR count). The number of benzene rings is 1. The molecule has 0 unspecified atom stereocenters. The number of rotatable bonds is 5. The zero-order chi connectivity index (χ0) is 19.2. The van der Waals surface area contributed by atoms with Gasteiger partial charge in [0.15, 0.2) is 0 Å². The van der Waals surface area contributed by atoms with E-state index in [2.05, 4.69) is 0 Å². The van der Waals surface area contributed by atoms with Crippen molar-refractivity contribution in [3.05, 3.63) is 29.8 Å². The van der Waals surface area contributed by atoms with E-state index in [0.717, 1.165) is 5.56 Å². The highest BCUT2D eigenvalue weighted by molar-refractivity contribution is 5.73. The molecule has 0 bridgehead atoms. The van der Waals surface area contributed by atoms with Crippen molar-refractivity contribution < 1.29 is 42.1 Å². The lowest BCUT2D eigenvalue weighted by molar-refractivity contribution is -0.192. The molecule has 10 heteroatoms. The maximum atomic E-state index is 12.6. The van der Waals surface area contributed by atoms with E-state index in [-0.39, 0.29) is 12.5 Å². The Hall–Kier alpha value is -2.36. The lowest BCUT2D eigenvalue weighted by Gasteiger charge is -2.30. The van der Waals surface area contributed by atoms with Gasteiger partial charge in [-0.2, -0.15) is 13.2 Å². The summed E-state index contributed by atoms with van der Waals surface area (Å²) in [7, 11) is 0. The third kappa shape index (κ3) is 7.38. The number of halogens is 4. The van der Waals surface area contributed by atoms with Gasteiger partial charge in [0.1, 0.15) is 24.1 Å². The van der Waals surface area contributed by atoms with Gasteiger partial charge >= 0.3 is 18.1 Å². The molecule has 0 radical (unpaired) electrons. The van der Waals surface area contributed by atoms with Crippen molar-refractivity contribution in [1.82, 2.24) is 0 Å². The van der Waals surface area contributed by atoms with Crippen molar-refractivity contribution in [2.45, 2.75) is 43.8 Å². The summed E-state index contributed by atoms with van der Waals surface area (Å²) >= 11 is 0. The molecule has 4 N–H and O–H groups in total. The van der Waals surface area contributed by atoms with E-state index in [1.807, 2.05) is 0 Å². The molecule has 0 aromatic heterocycles. The first-order valence-electron chi connectivity index (χ1n) is 7.17. The quantitative estimate of drug-likeness (QED) is 0.688. The van der Waals surface area contributed by atoms with Crippen LogP contribution in [0.2, 0.25) is 0 Å². The van der Waals surface area contributed by atoms with Gasteiger partial charge in [-0.25, -0.2) is 9.18 Å². The molecule has 1 fully saturated rings. The summed E-state index contributed by atoms with van der Waals surface area (Å²) in [5.41, 5.74) is 6.28. The summed E-state index contributed by atoms with van der Waals surface area (Å²) < 4.78 is 49.9. The summed E-state index contributed by atoms with van der Waals surface area (Å²) in [6.45, 7) is 0. The maximum Gasteiger partial charge on any atom is 0.490 e. The molecule has 1 aromatic carbocycles. The molecule has 0 amide bonds. The van der Waals surface area contributed by atoms with E-state index < -0.39 is 30.3 Å². The fraction of sp³-hybridized carbons (Fsp3) is 0.467. The summed E-state index contributed by atoms with van der Waals surface area (Å²) in [4.78, 5) is 19.5. The molecule has 1 aliphatic carbocycles. The Labute approximate surface area is 140 Å². The Morgan fingerprint density at radius 3 is 2.04 bits per heavy atom. The van der Waals surface area contributed by atoms with Crippen LogP contribution in [0.3, 0.4) is 0 Å². The zero-order valence-electron chi connectivity index (χ0n) is 12.9. The van der Waals surface area contributed by atoms with Gasteiger partial charge in [-0.1, -0.05) is 12.1 Å². The first-order valence-corrected chi connectivity index (χ1v) is 7.17. The normalized spacial score (nSPS) is 20.5. The second-order valence-corrected chi connectivity index (χ2v) is 5.40. The van der Waals surface area contributed by atoms with Crippen LogP contribution < -0.4 is 10.5 Å². The molecule has 0 spiro atoms. The van der Waals surface area contributed by atoms with Crippen molar-refractivity contribution in [3.63, 3.8) is 0 Å². The molecular weight excluding hydrogens is 350 g/mol. The Morgan fingerprint density at radius 2 is 1.68 bits per heavy atom. The maximum absolute atomic E-state index is 12.6. The van der Waals surface area contributed by atoms with Gasteiger partial charge < -0.3 is 20.7 Å². The minimum absolute atomic E-state index is 0.0351. The van der Waals surface area contributed by atoms with Crippen LogP contribution in [0.1, 0.15) is 18.4 Å². The number of carbonyl (C=O) groups is 2. The van der Waals surface area contributed by atoms with Crippen LogP contribution in [-0.2, 0) is 16.0 Å². The number of alkyl halides is 4. The van der Waals surface area contributed by atoms with Gasteiger partial charge in [0.2, 0.25) is 0 Å². The molecule has 6 nitrogen and oxygen atoms in total. The number of nitrogens with two attached hydrogens (primary N) is 1. The third-order valence-electron chi connectivity index (χ3n) is 3.28. The van der Waals surface area contributed by atoms with Crippen molar-refractivity contribution in [1.29, 1.82) is 0 Å². The van der Waals surface area contributed by atoms with E-state index in [9.17, 15) is 22.4 Å². The highest BCUT2D eigenvalue weighted by Crippen LogP contribution is 2.28. The first-order chi connectivity index (χ1) is 11.5. The summed E-state index contributed by atoms with van der Waals surface area (Å²) in [6, 6.07) is 6.19. The summed E-state index contributed by atoms with van der Waals surface area (Å²) in [5.74, 6) is -3.09. The van der Waals surface area contributed by atoms with Gasteiger partial charge in [-0.3, -0.25) is 4.79 Å². The smallest absolute Gasteiger partial charge is 0.490 e. The van der Waals surface area contributed by atoms with Crippen LogP contribution in [-0.4, -0.2) is 46.6 Å². The molecule has 1 saturated carbocycles. The molecule has 0 heterocycles. The third-order valence-corrected chi connectivity index (χ3v) is 3.28. The topological polar surface area (TPSA) is 110 Å². The monoisotopic (exact) mass is 367 g/mol. The van der Waals surface area contributed by atoms with Crippen LogP contribution in [0.4, 0.5) is 17.6 Å². The van der Waals surface area contributed by atoms with E-state index in [1.54, 1.807) is 24.3 Å². The van der Waals surface area contributed by atoms with Gasteiger partial charge in [-0.15, -0.1) is 0 Å². The van der Waals surface area contributed by atoms with E-state index >= 15 is 0 Å². The lowest BCUT2D eigenvalue weighted by atomic mass is 9.93. The van der Waals surface area contributed by atoms with Crippen molar-refractivity contribution in [2.24, 2.45) is 5.73 Å². The predicted octanol–water partition coefficient (Wildman–Crippen LogP) is 2.15. The molecule has 140 valence electrons. The minimum Gasteiger partial charge on any atom is -0.490 e. The molecule has 0 aliphatic heterocycles. The number of hydrogen-bond acceptors (Lipinski definition) is 4. The Morgan fingerprint density at radius 1 is 1.20 bits per heavy atom. The molecular formula is C15H17F4NO5. The van der Waals surface area contributed by atoms with E-state index in [4.69, 9.17) is 25.5 Å². The summed E-state index contributed by atoms with van der Waals surface area (Å²) in [6.07, 6.45) is -4.67. The Bertz CT molecular complexity index is 585. The van der Waals surface area contributed by atoms with Crippen molar-refractivity contribution in [2.75, 3.05) is 0 Å². The largest absolute Gasteiger partial charge is 0.490 e. The van der Waals surface area contributed by atoms with Gasteiger partial charge in [0.05, 0.1) is 0 Å². The number of ether oxygens (including phenoxy) is 1. The minimum atomic E-state index is -5.08. The van der Waals surface area contributed by atoms with Crippen LogP contribution in [0.15, 0.2) is 24.3 Å². The lowest BCUT2D eigenvalue weighted by Crippen LogP contribution is -2.34. The zero-order valence-corrected chi connectivity index (χ0v) is 12.9. The highest BCUT2D eigenvalue weighted by Gasteiger charge is 2.38. The molecule has 0 saturated heterocycles.